The van der Waals surface area contributed by atoms with Crippen LogP contribution < -0.4 is 0 Å². The van der Waals surface area contributed by atoms with E-state index in [4.69, 9.17) is 0 Å². The molecule has 0 rings (SSSR count). The number of rotatable bonds is 8. The smallest absolute Gasteiger partial charge is 0.287 e. The molecule has 1 unspecified atom stereocenters. The fraction of sp³-hybridized carbons (Fsp3) is 0.900. The van der Waals surface area contributed by atoms with Gasteiger partial charge in [-0.25, -0.2) is 30.7 Å². The molecule has 0 fully saturated rings. The summed E-state index contributed by atoms with van der Waals surface area (Å²) in [6.07, 6.45) is -10.9. The highest BCUT2D eigenvalue weighted by Gasteiger charge is 2.50. The largest absolute Gasteiger partial charge is 0.310 e. The second-order valence-electron chi connectivity index (χ2n) is 3.82. The van der Waals surface area contributed by atoms with Gasteiger partial charge in [-0.15, -0.1) is 0 Å². The Bertz CT molecular complexity index is 296. The van der Waals surface area contributed by atoms with Crippen molar-refractivity contribution in [3.05, 3.63) is 0 Å². The van der Waals surface area contributed by atoms with E-state index in [9.17, 15) is 35.5 Å². The van der Waals surface area contributed by atoms with Crippen LogP contribution in [0.5, 0.6) is 0 Å². The Morgan fingerprint density at radius 2 is 1.63 bits per heavy atom. The van der Waals surface area contributed by atoms with Gasteiger partial charge in [0.1, 0.15) is 0 Å². The van der Waals surface area contributed by atoms with Crippen molar-refractivity contribution in [2.45, 2.75) is 50.6 Å². The van der Waals surface area contributed by atoms with Crippen molar-refractivity contribution < 1.29 is 35.5 Å². The summed E-state index contributed by atoms with van der Waals surface area (Å²) >= 11 is 0.524. The van der Waals surface area contributed by atoms with E-state index in [0.29, 0.717) is 11.8 Å². The van der Waals surface area contributed by atoms with Crippen molar-refractivity contribution in [2.24, 2.45) is 0 Å². The Labute approximate surface area is 109 Å². The Morgan fingerprint density at radius 1 is 1.11 bits per heavy atom. The molecule has 0 radical (unpaired) electrons. The number of halogens is 7. The summed E-state index contributed by atoms with van der Waals surface area (Å²) in [5, 5.41) is -0.399. The summed E-state index contributed by atoms with van der Waals surface area (Å²) in [6, 6.07) is 0. The molecule has 0 aromatic heterocycles. The molecule has 0 aliphatic carbocycles. The molecule has 0 aliphatic rings. The van der Waals surface area contributed by atoms with Crippen molar-refractivity contribution >= 4 is 16.9 Å². The highest BCUT2D eigenvalue weighted by atomic mass is 32.2. The first kappa shape index (κ1) is 18.5. The minimum absolute atomic E-state index is 0.0960. The molecule has 0 heterocycles. The maximum absolute atomic E-state index is 13.1. The second kappa shape index (κ2) is 7.35. The maximum Gasteiger partial charge on any atom is 0.310 e. The molecule has 0 aromatic rings. The maximum atomic E-state index is 13.1. The molecule has 0 bridgehead atoms. The number of thioether (sulfide) groups is 1. The zero-order chi connectivity index (χ0) is 15.3. The van der Waals surface area contributed by atoms with E-state index in [-0.39, 0.29) is 6.42 Å². The molecule has 0 saturated carbocycles. The standard InChI is InChI=1S/C10H13F7OS/c1-2-7(18)19-4-3-9(14,15)6(11)5-10(16,17)8(12)13/h6,8H,2-5H2,1H3. The Morgan fingerprint density at radius 3 is 2.05 bits per heavy atom. The minimum atomic E-state index is -4.80. The van der Waals surface area contributed by atoms with Gasteiger partial charge in [0, 0.05) is 18.6 Å². The lowest BCUT2D eigenvalue weighted by atomic mass is 10.0. The molecular weight excluding hydrogens is 301 g/mol. The molecule has 0 aliphatic heterocycles. The van der Waals surface area contributed by atoms with Gasteiger partial charge in [0.05, 0.1) is 6.42 Å². The average molecular weight is 314 g/mol. The van der Waals surface area contributed by atoms with Gasteiger partial charge < -0.3 is 0 Å². The van der Waals surface area contributed by atoms with E-state index in [1.54, 1.807) is 0 Å². The van der Waals surface area contributed by atoms with Gasteiger partial charge in [0.15, 0.2) is 11.3 Å². The van der Waals surface area contributed by atoms with Crippen LogP contribution in [0, 0.1) is 0 Å². The number of carbonyl (C=O) groups excluding carboxylic acids is 1. The van der Waals surface area contributed by atoms with Gasteiger partial charge in [0.2, 0.25) is 0 Å². The molecule has 0 aromatic carbocycles. The van der Waals surface area contributed by atoms with Crippen LogP contribution in [0.2, 0.25) is 0 Å². The van der Waals surface area contributed by atoms with E-state index in [0.717, 1.165) is 0 Å². The molecule has 114 valence electrons. The molecule has 0 saturated heterocycles. The van der Waals surface area contributed by atoms with E-state index >= 15 is 0 Å². The molecule has 1 atom stereocenters. The van der Waals surface area contributed by atoms with Crippen LogP contribution in [-0.2, 0) is 4.79 Å². The van der Waals surface area contributed by atoms with Crippen LogP contribution in [0.3, 0.4) is 0 Å². The van der Waals surface area contributed by atoms with Crippen LogP contribution in [0.15, 0.2) is 0 Å². The van der Waals surface area contributed by atoms with Crippen molar-refractivity contribution in [2.75, 3.05) is 5.75 Å². The highest BCUT2D eigenvalue weighted by Crippen LogP contribution is 2.37. The second-order valence-corrected chi connectivity index (χ2v) is 4.97. The third kappa shape index (κ3) is 6.49. The van der Waals surface area contributed by atoms with Crippen molar-refractivity contribution in [3.63, 3.8) is 0 Å². The number of hydrogen-bond acceptors (Lipinski definition) is 2. The number of carbonyl (C=O) groups is 1. The first-order valence-electron chi connectivity index (χ1n) is 5.36. The van der Waals surface area contributed by atoms with Gasteiger partial charge >= 0.3 is 12.3 Å². The first-order chi connectivity index (χ1) is 8.53. The van der Waals surface area contributed by atoms with E-state index in [2.05, 4.69) is 0 Å². The van der Waals surface area contributed by atoms with Crippen LogP contribution >= 0.6 is 11.8 Å². The molecule has 0 spiro atoms. The fourth-order valence-corrected chi connectivity index (χ4v) is 1.84. The number of alkyl halides is 7. The van der Waals surface area contributed by atoms with Gasteiger partial charge in [-0.3, -0.25) is 4.79 Å². The monoisotopic (exact) mass is 314 g/mol. The normalized spacial score (nSPS) is 14.8. The summed E-state index contributed by atoms with van der Waals surface area (Å²) < 4.78 is 87.6. The van der Waals surface area contributed by atoms with Crippen LogP contribution in [0.1, 0.15) is 26.2 Å². The van der Waals surface area contributed by atoms with Crippen LogP contribution in [0.25, 0.3) is 0 Å². The Balaban J connectivity index is 4.35. The fourth-order valence-electron chi connectivity index (χ4n) is 1.04. The zero-order valence-electron chi connectivity index (χ0n) is 9.95. The van der Waals surface area contributed by atoms with Gasteiger partial charge in [-0.2, -0.15) is 0 Å². The molecule has 0 N–H and O–H groups in total. The first-order valence-corrected chi connectivity index (χ1v) is 6.35. The molecular formula is C10H13F7OS. The van der Waals surface area contributed by atoms with E-state index in [1.165, 1.54) is 6.92 Å². The molecule has 0 amide bonds. The highest BCUT2D eigenvalue weighted by molar-refractivity contribution is 8.13. The summed E-state index contributed by atoms with van der Waals surface area (Å²) in [6.45, 7) is 1.49. The lowest BCUT2D eigenvalue weighted by molar-refractivity contribution is -0.170. The lowest BCUT2D eigenvalue weighted by Gasteiger charge is -2.24. The summed E-state index contributed by atoms with van der Waals surface area (Å²) in [5.74, 6) is -9.42. The predicted octanol–water partition coefficient (Wildman–Crippen LogP) is 4.31. The third-order valence-electron chi connectivity index (χ3n) is 2.22. The molecule has 1 nitrogen and oxygen atoms in total. The zero-order valence-corrected chi connectivity index (χ0v) is 10.8. The van der Waals surface area contributed by atoms with Crippen LogP contribution in [-0.4, -0.2) is 35.3 Å². The van der Waals surface area contributed by atoms with Crippen LogP contribution in [0.4, 0.5) is 30.7 Å². The topological polar surface area (TPSA) is 17.1 Å². The molecule has 19 heavy (non-hydrogen) atoms. The minimum Gasteiger partial charge on any atom is -0.287 e. The van der Waals surface area contributed by atoms with E-state index < -0.39 is 48.2 Å². The molecule has 9 heteroatoms. The average Bonchev–Trinajstić information content (AvgIpc) is 2.27. The lowest BCUT2D eigenvalue weighted by Crippen LogP contribution is -2.39. The number of hydrogen-bond donors (Lipinski definition) is 0. The van der Waals surface area contributed by atoms with Crippen molar-refractivity contribution in [1.82, 2.24) is 0 Å². The van der Waals surface area contributed by atoms with Gasteiger partial charge in [-0.1, -0.05) is 18.7 Å². The quantitative estimate of drug-likeness (QED) is 0.621. The summed E-state index contributed by atoms with van der Waals surface area (Å²) in [7, 11) is 0. The van der Waals surface area contributed by atoms with Gasteiger partial charge in [0.25, 0.3) is 5.92 Å². The Hall–Kier alpha value is -0.470. The third-order valence-corrected chi connectivity index (χ3v) is 3.23. The Kier molecular flexibility index (Phi) is 7.17. The van der Waals surface area contributed by atoms with Crippen molar-refractivity contribution in [3.8, 4) is 0 Å². The summed E-state index contributed by atoms with van der Waals surface area (Å²) in [4.78, 5) is 10.8. The SMILES string of the molecule is CCC(=O)SCCC(F)(F)C(F)CC(F)(F)C(F)F. The summed E-state index contributed by atoms with van der Waals surface area (Å²) in [5.41, 5.74) is 0. The van der Waals surface area contributed by atoms with Crippen molar-refractivity contribution in [1.29, 1.82) is 0 Å². The van der Waals surface area contributed by atoms with E-state index in [1.807, 2.05) is 0 Å². The van der Waals surface area contributed by atoms with Gasteiger partial charge in [-0.05, 0) is 0 Å². The predicted molar refractivity (Wildman–Crippen MR) is 57.8 cm³/mol.